The van der Waals surface area contributed by atoms with Crippen LogP contribution in [0.15, 0.2) is 24.4 Å². The van der Waals surface area contributed by atoms with Gasteiger partial charge in [0.1, 0.15) is 0 Å². The van der Waals surface area contributed by atoms with E-state index in [-0.39, 0.29) is 0 Å². The van der Waals surface area contributed by atoms with Gasteiger partial charge in [0.15, 0.2) is 0 Å². The molecule has 1 aromatic heterocycles. The zero-order valence-corrected chi connectivity index (χ0v) is 12.1. The number of nitrogens with one attached hydrogen (secondary N) is 1. The molecule has 0 bridgehead atoms. The molecule has 0 radical (unpaired) electrons. The molecule has 0 aliphatic carbocycles. The standard InChI is InChI=1S/C15H20ClN3/c1-18-10-12(11-19-7-2-5-17-6-8-19)14-9-13(16)3-4-15(14)18/h3-4,9-10,17H,2,5-8,11H2,1H3. The van der Waals surface area contributed by atoms with Crippen molar-refractivity contribution in [2.75, 3.05) is 26.2 Å². The highest BCUT2D eigenvalue weighted by molar-refractivity contribution is 6.31. The molecule has 0 amide bonds. The van der Waals surface area contributed by atoms with Crippen molar-refractivity contribution in [1.82, 2.24) is 14.8 Å². The van der Waals surface area contributed by atoms with Crippen molar-refractivity contribution in [2.45, 2.75) is 13.0 Å². The van der Waals surface area contributed by atoms with Gasteiger partial charge in [-0.2, -0.15) is 0 Å². The van der Waals surface area contributed by atoms with Crippen molar-refractivity contribution in [2.24, 2.45) is 7.05 Å². The van der Waals surface area contributed by atoms with E-state index in [1.54, 1.807) is 0 Å². The van der Waals surface area contributed by atoms with E-state index in [0.717, 1.165) is 31.2 Å². The quantitative estimate of drug-likeness (QED) is 0.911. The highest BCUT2D eigenvalue weighted by Crippen LogP contribution is 2.25. The van der Waals surface area contributed by atoms with E-state index < -0.39 is 0 Å². The van der Waals surface area contributed by atoms with Crippen LogP contribution in [-0.2, 0) is 13.6 Å². The van der Waals surface area contributed by atoms with Crippen LogP contribution in [0.2, 0.25) is 5.02 Å². The first kappa shape index (κ1) is 13.0. The maximum atomic E-state index is 6.14. The summed E-state index contributed by atoms with van der Waals surface area (Å²) in [6.07, 6.45) is 3.46. The lowest BCUT2D eigenvalue weighted by Crippen LogP contribution is -2.27. The van der Waals surface area contributed by atoms with E-state index in [1.165, 1.54) is 29.4 Å². The number of rotatable bonds is 2. The Morgan fingerprint density at radius 3 is 3.05 bits per heavy atom. The largest absolute Gasteiger partial charge is 0.350 e. The molecule has 4 heteroatoms. The van der Waals surface area contributed by atoms with Crippen LogP contribution in [0.4, 0.5) is 0 Å². The summed E-state index contributed by atoms with van der Waals surface area (Å²) in [6.45, 7) is 5.53. The summed E-state index contributed by atoms with van der Waals surface area (Å²) in [5.41, 5.74) is 2.63. The first-order chi connectivity index (χ1) is 9.24. The lowest BCUT2D eigenvalue weighted by Gasteiger charge is -2.18. The zero-order chi connectivity index (χ0) is 13.2. The summed E-state index contributed by atoms with van der Waals surface area (Å²) in [7, 11) is 2.10. The molecule has 0 unspecified atom stereocenters. The normalized spacial score (nSPS) is 17.8. The number of hydrogen-bond acceptors (Lipinski definition) is 2. The van der Waals surface area contributed by atoms with E-state index in [4.69, 9.17) is 11.6 Å². The van der Waals surface area contributed by atoms with Gasteiger partial charge in [0.25, 0.3) is 0 Å². The van der Waals surface area contributed by atoms with Gasteiger partial charge in [0.05, 0.1) is 0 Å². The van der Waals surface area contributed by atoms with Crippen LogP contribution in [0.1, 0.15) is 12.0 Å². The van der Waals surface area contributed by atoms with E-state index in [9.17, 15) is 0 Å². The second-order valence-electron chi connectivity index (χ2n) is 5.31. The van der Waals surface area contributed by atoms with E-state index in [2.05, 4.69) is 40.2 Å². The molecule has 0 saturated carbocycles. The van der Waals surface area contributed by atoms with Crippen LogP contribution in [0.3, 0.4) is 0 Å². The third-order valence-corrected chi connectivity index (χ3v) is 4.10. The van der Waals surface area contributed by atoms with Crippen molar-refractivity contribution in [1.29, 1.82) is 0 Å². The molecule has 1 aromatic carbocycles. The Kier molecular flexibility index (Phi) is 3.78. The van der Waals surface area contributed by atoms with Crippen LogP contribution in [0.5, 0.6) is 0 Å². The number of aromatic nitrogens is 1. The maximum absolute atomic E-state index is 6.14. The molecule has 2 aromatic rings. The Bertz CT molecular complexity index is 568. The minimum absolute atomic E-state index is 0.817. The minimum atomic E-state index is 0.817. The maximum Gasteiger partial charge on any atom is 0.0482 e. The molecule has 1 N–H and O–H groups in total. The SMILES string of the molecule is Cn1cc(CN2CCCNCC2)c2cc(Cl)ccc21. The molecule has 3 nitrogen and oxygen atoms in total. The van der Waals surface area contributed by atoms with Gasteiger partial charge in [-0.25, -0.2) is 0 Å². The van der Waals surface area contributed by atoms with Crippen molar-refractivity contribution < 1.29 is 0 Å². The number of benzene rings is 1. The molecule has 0 atom stereocenters. The lowest BCUT2D eigenvalue weighted by atomic mass is 10.1. The first-order valence-corrected chi connectivity index (χ1v) is 7.28. The van der Waals surface area contributed by atoms with Crippen LogP contribution >= 0.6 is 11.6 Å². The summed E-state index contributed by atoms with van der Waals surface area (Å²) >= 11 is 6.14. The van der Waals surface area contributed by atoms with Gasteiger partial charge in [-0.3, -0.25) is 4.90 Å². The fourth-order valence-corrected chi connectivity index (χ4v) is 3.04. The predicted octanol–water partition coefficient (Wildman–Crippen LogP) is 2.63. The van der Waals surface area contributed by atoms with Gasteiger partial charge in [0.2, 0.25) is 0 Å². The van der Waals surface area contributed by atoms with Crippen molar-refractivity contribution in [3.8, 4) is 0 Å². The number of halogens is 1. The predicted molar refractivity (Wildman–Crippen MR) is 80.7 cm³/mol. The molecular formula is C15H20ClN3. The Labute approximate surface area is 119 Å². The average molecular weight is 278 g/mol. The molecule has 1 aliphatic heterocycles. The number of nitrogens with zero attached hydrogens (tertiary/aromatic N) is 2. The molecule has 1 fully saturated rings. The topological polar surface area (TPSA) is 20.2 Å². The summed E-state index contributed by atoms with van der Waals surface area (Å²) in [5.74, 6) is 0. The van der Waals surface area contributed by atoms with Crippen molar-refractivity contribution >= 4 is 22.5 Å². The van der Waals surface area contributed by atoms with Crippen LogP contribution in [-0.4, -0.2) is 35.6 Å². The van der Waals surface area contributed by atoms with Crippen molar-refractivity contribution in [3.05, 3.63) is 35.0 Å². The van der Waals surface area contributed by atoms with Gasteiger partial charge in [0, 0.05) is 48.8 Å². The molecule has 0 spiro atoms. The van der Waals surface area contributed by atoms with E-state index in [1.807, 2.05) is 6.07 Å². The minimum Gasteiger partial charge on any atom is -0.350 e. The van der Waals surface area contributed by atoms with Gasteiger partial charge < -0.3 is 9.88 Å². The third-order valence-electron chi connectivity index (χ3n) is 3.86. The average Bonchev–Trinajstić information content (AvgIpc) is 2.58. The van der Waals surface area contributed by atoms with Crippen LogP contribution in [0, 0.1) is 0 Å². The Balaban J connectivity index is 1.89. The zero-order valence-electron chi connectivity index (χ0n) is 11.3. The fourth-order valence-electron chi connectivity index (χ4n) is 2.87. The van der Waals surface area contributed by atoms with Gasteiger partial charge in [-0.1, -0.05) is 11.6 Å². The van der Waals surface area contributed by atoms with Crippen LogP contribution < -0.4 is 5.32 Å². The summed E-state index contributed by atoms with van der Waals surface area (Å²) in [6, 6.07) is 6.15. The smallest absolute Gasteiger partial charge is 0.0482 e. The van der Waals surface area contributed by atoms with Crippen LogP contribution in [0.25, 0.3) is 10.9 Å². The third kappa shape index (κ3) is 2.78. The molecule has 102 valence electrons. The van der Waals surface area contributed by atoms with E-state index >= 15 is 0 Å². The molecule has 2 heterocycles. The second kappa shape index (κ2) is 5.53. The first-order valence-electron chi connectivity index (χ1n) is 6.90. The number of fused-ring (bicyclic) bond motifs is 1. The molecular weight excluding hydrogens is 258 g/mol. The number of aryl methyl sites for hydroxylation is 1. The highest BCUT2D eigenvalue weighted by Gasteiger charge is 2.13. The Morgan fingerprint density at radius 2 is 2.16 bits per heavy atom. The van der Waals surface area contributed by atoms with Gasteiger partial charge >= 0.3 is 0 Å². The van der Waals surface area contributed by atoms with E-state index in [0.29, 0.717) is 0 Å². The second-order valence-corrected chi connectivity index (χ2v) is 5.74. The molecule has 19 heavy (non-hydrogen) atoms. The van der Waals surface area contributed by atoms with Crippen molar-refractivity contribution in [3.63, 3.8) is 0 Å². The molecule has 1 aliphatic rings. The molecule has 1 saturated heterocycles. The summed E-state index contributed by atoms with van der Waals surface area (Å²) < 4.78 is 2.19. The monoisotopic (exact) mass is 277 g/mol. The summed E-state index contributed by atoms with van der Waals surface area (Å²) in [5, 5.41) is 5.55. The van der Waals surface area contributed by atoms with Gasteiger partial charge in [-0.05, 0) is 43.3 Å². The molecule has 3 rings (SSSR count). The lowest BCUT2D eigenvalue weighted by molar-refractivity contribution is 0.285. The van der Waals surface area contributed by atoms with Gasteiger partial charge in [-0.15, -0.1) is 0 Å². The Morgan fingerprint density at radius 1 is 1.26 bits per heavy atom. The highest BCUT2D eigenvalue weighted by atomic mass is 35.5. The number of hydrogen-bond donors (Lipinski definition) is 1. The fraction of sp³-hybridized carbons (Fsp3) is 0.467. The Hall–Kier alpha value is -1.03. The summed E-state index contributed by atoms with van der Waals surface area (Å²) in [4.78, 5) is 2.52.